The van der Waals surface area contributed by atoms with Gasteiger partial charge >= 0.3 is 0 Å². The minimum atomic E-state index is 0.308. The van der Waals surface area contributed by atoms with Crippen molar-refractivity contribution in [2.45, 2.75) is 19.9 Å². The Balaban J connectivity index is 2.20. The van der Waals surface area contributed by atoms with Gasteiger partial charge in [0.15, 0.2) is 0 Å². The summed E-state index contributed by atoms with van der Waals surface area (Å²) in [6.07, 6.45) is 0. The molecule has 1 fully saturated rings. The number of nitrogens with two attached hydrogens (primary N) is 1. The zero-order valence-electron chi connectivity index (χ0n) is 8.12. The highest BCUT2D eigenvalue weighted by Gasteiger charge is 2.15. The van der Waals surface area contributed by atoms with Gasteiger partial charge in [-0.25, -0.2) is 0 Å². The van der Waals surface area contributed by atoms with E-state index < -0.39 is 0 Å². The summed E-state index contributed by atoms with van der Waals surface area (Å²) in [5.41, 5.74) is 5.96. The molecule has 0 amide bonds. The van der Waals surface area contributed by atoms with E-state index in [1.54, 1.807) is 0 Å². The zero-order chi connectivity index (χ0) is 8.97. The Hall–Kier alpha value is -0.120. The van der Waals surface area contributed by atoms with Crippen molar-refractivity contribution >= 4 is 0 Å². The standard InChI is InChI=1S/C9H20N2O/c1-8(2)9(10)7-11-3-5-12-6-4-11/h8-9H,3-7,10H2,1-2H3. The van der Waals surface area contributed by atoms with Gasteiger partial charge < -0.3 is 10.5 Å². The van der Waals surface area contributed by atoms with E-state index in [4.69, 9.17) is 10.5 Å². The first-order valence-electron chi connectivity index (χ1n) is 4.76. The van der Waals surface area contributed by atoms with Crippen molar-refractivity contribution in [1.82, 2.24) is 4.90 Å². The summed E-state index contributed by atoms with van der Waals surface area (Å²) in [4.78, 5) is 2.38. The van der Waals surface area contributed by atoms with E-state index in [0.717, 1.165) is 32.8 Å². The van der Waals surface area contributed by atoms with Crippen LogP contribution in [-0.4, -0.2) is 43.8 Å². The smallest absolute Gasteiger partial charge is 0.0594 e. The Bertz CT molecular complexity index is 122. The minimum absolute atomic E-state index is 0.308. The highest BCUT2D eigenvalue weighted by Crippen LogP contribution is 2.03. The summed E-state index contributed by atoms with van der Waals surface area (Å²) >= 11 is 0. The molecule has 12 heavy (non-hydrogen) atoms. The van der Waals surface area contributed by atoms with Crippen LogP contribution in [0.2, 0.25) is 0 Å². The first-order valence-corrected chi connectivity index (χ1v) is 4.76. The molecule has 1 aliphatic heterocycles. The molecule has 0 radical (unpaired) electrons. The number of rotatable bonds is 3. The van der Waals surface area contributed by atoms with Gasteiger partial charge in [0.25, 0.3) is 0 Å². The summed E-state index contributed by atoms with van der Waals surface area (Å²) < 4.78 is 5.26. The second kappa shape index (κ2) is 4.80. The maximum absolute atomic E-state index is 5.96. The molecular weight excluding hydrogens is 152 g/mol. The quantitative estimate of drug-likeness (QED) is 0.665. The van der Waals surface area contributed by atoms with Crippen molar-refractivity contribution in [2.75, 3.05) is 32.8 Å². The topological polar surface area (TPSA) is 38.5 Å². The Morgan fingerprint density at radius 3 is 2.42 bits per heavy atom. The molecule has 0 aliphatic carbocycles. The van der Waals surface area contributed by atoms with Gasteiger partial charge in [0, 0.05) is 25.7 Å². The fourth-order valence-electron chi connectivity index (χ4n) is 1.29. The monoisotopic (exact) mass is 172 g/mol. The van der Waals surface area contributed by atoms with Crippen LogP contribution in [0.5, 0.6) is 0 Å². The van der Waals surface area contributed by atoms with Gasteiger partial charge in [0.1, 0.15) is 0 Å². The van der Waals surface area contributed by atoms with Crippen molar-refractivity contribution in [3.05, 3.63) is 0 Å². The third kappa shape index (κ3) is 3.09. The first-order chi connectivity index (χ1) is 5.70. The van der Waals surface area contributed by atoms with Crippen molar-refractivity contribution < 1.29 is 4.74 Å². The molecule has 1 rings (SSSR count). The van der Waals surface area contributed by atoms with Crippen LogP contribution < -0.4 is 5.73 Å². The van der Waals surface area contributed by atoms with Crippen LogP contribution in [0, 0.1) is 5.92 Å². The van der Waals surface area contributed by atoms with Crippen LogP contribution in [0.1, 0.15) is 13.8 Å². The fraction of sp³-hybridized carbons (Fsp3) is 1.00. The van der Waals surface area contributed by atoms with E-state index in [1.807, 2.05) is 0 Å². The summed E-state index contributed by atoms with van der Waals surface area (Å²) in [6.45, 7) is 9.17. The molecule has 72 valence electrons. The number of nitrogens with zero attached hydrogens (tertiary/aromatic N) is 1. The van der Waals surface area contributed by atoms with Gasteiger partial charge in [0.2, 0.25) is 0 Å². The van der Waals surface area contributed by atoms with Crippen molar-refractivity contribution in [3.63, 3.8) is 0 Å². The van der Waals surface area contributed by atoms with Gasteiger partial charge in [-0.3, -0.25) is 4.90 Å². The number of ether oxygens (including phenoxy) is 1. The number of hydrogen-bond acceptors (Lipinski definition) is 3. The van der Waals surface area contributed by atoms with Gasteiger partial charge in [-0.15, -0.1) is 0 Å². The minimum Gasteiger partial charge on any atom is -0.379 e. The summed E-state index contributed by atoms with van der Waals surface area (Å²) in [6, 6.07) is 0.308. The van der Waals surface area contributed by atoms with Crippen LogP contribution >= 0.6 is 0 Å². The Morgan fingerprint density at radius 1 is 1.33 bits per heavy atom. The molecule has 1 aliphatic rings. The molecule has 0 bridgehead atoms. The number of hydrogen-bond donors (Lipinski definition) is 1. The lowest BCUT2D eigenvalue weighted by Crippen LogP contribution is -2.45. The van der Waals surface area contributed by atoms with Gasteiger partial charge in [-0.05, 0) is 5.92 Å². The van der Waals surface area contributed by atoms with Gasteiger partial charge in [-0.1, -0.05) is 13.8 Å². The normalized spacial score (nSPS) is 23.0. The molecule has 1 heterocycles. The third-order valence-corrected chi connectivity index (χ3v) is 2.43. The largest absolute Gasteiger partial charge is 0.379 e. The van der Waals surface area contributed by atoms with Crippen molar-refractivity contribution in [3.8, 4) is 0 Å². The van der Waals surface area contributed by atoms with Gasteiger partial charge in [0.05, 0.1) is 13.2 Å². The van der Waals surface area contributed by atoms with Crippen molar-refractivity contribution in [1.29, 1.82) is 0 Å². The molecule has 3 nitrogen and oxygen atoms in total. The Labute approximate surface area is 74.9 Å². The van der Waals surface area contributed by atoms with Crippen LogP contribution in [0.3, 0.4) is 0 Å². The molecular formula is C9H20N2O. The molecule has 2 N–H and O–H groups in total. The zero-order valence-corrected chi connectivity index (χ0v) is 8.12. The number of morpholine rings is 1. The lowest BCUT2D eigenvalue weighted by atomic mass is 10.1. The maximum atomic E-state index is 5.96. The highest BCUT2D eigenvalue weighted by molar-refractivity contribution is 4.72. The molecule has 0 aromatic rings. The molecule has 3 heteroatoms. The first kappa shape index (κ1) is 9.96. The van der Waals surface area contributed by atoms with Gasteiger partial charge in [-0.2, -0.15) is 0 Å². The molecule has 0 saturated carbocycles. The molecule has 0 spiro atoms. The third-order valence-electron chi connectivity index (χ3n) is 2.43. The summed E-state index contributed by atoms with van der Waals surface area (Å²) in [5, 5.41) is 0. The van der Waals surface area contributed by atoms with E-state index >= 15 is 0 Å². The average molecular weight is 172 g/mol. The molecule has 0 aromatic carbocycles. The van der Waals surface area contributed by atoms with E-state index in [1.165, 1.54) is 0 Å². The average Bonchev–Trinajstić information content (AvgIpc) is 2.06. The summed E-state index contributed by atoms with van der Waals surface area (Å²) in [5.74, 6) is 0.577. The van der Waals surface area contributed by atoms with Crippen LogP contribution in [-0.2, 0) is 4.74 Å². The predicted octanol–water partition coefficient (Wildman–Crippen LogP) is 0.302. The lowest BCUT2D eigenvalue weighted by molar-refractivity contribution is 0.0333. The molecule has 0 aromatic heterocycles. The molecule has 1 unspecified atom stereocenters. The molecule has 1 atom stereocenters. The van der Waals surface area contributed by atoms with Crippen molar-refractivity contribution in [2.24, 2.45) is 11.7 Å². The Kier molecular flexibility index (Phi) is 3.98. The Morgan fingerprint density at radius 2 is 1.92 bits per heavy atom. The fourth-order valence-corrected chi connectivity index (χ4v) is 1.29. The van der Waals surface area contributed by atoms with Crippen LogP contribution in [0.4, 0.5) is 0 Å². The SMILES string of the molecule is CC(C)C(N)CN1CCOCC1. The second-order valence-corrected chi connectivity index (χ2v) is 3.82. The van der Waals surface area contributed by atoms with Crippen LogP contribution in [0.25, 0.3) is 0 Å². The van der Waals surface area contributed by atoms with E-state index in [2.05, 4.69) is 18.7 Å². The van der Waals surface area contributed by atoms with Crippen LogP contribution in [0.15, 0.2) is 0 Å². The second-order valence-electron chi connectivity index (χ2n) is 3.82. The molecule has 1 saturated heterocycles. The van der Waals surface area contributed by atoms with E-state index in [0.29, 0.717) is 12.0 Å². The summed E-state index contributed by atoms with van der Waals surface area (Å²) in [7, 11) is 0. The van der Waals surface area contributed by atoms with E-state index in [9.17, 15) is 0 Å². The maximum Gasteiger partial charge on any atom is 0.0594 e. The van der Waals surface area contributed by atoms with E-state index in [-0.39, 0.29) is 0 Å². The lowest BCUT2D eigenvalue weighted by Gasteiger charge is -2.30. The predicted molar refractivity (Wildman–Crippen MR) is 50.1 cm³/mol. The highest BCUT2D eigenvalue weighted by atomic mass is 16.5.